The average Bonchev–Trinajstić information content (AvgIpc) is 3.92. The van der Waals surface area contributed by atoms with E-state index in [0.29, 0.717) is 22.8 Å². The molecule has 0 spiro atoms. The zero-order valence-electron chi connectivity index (χ0n) is 36.1. The summed E-state index contributed by atoms with van der Waals surface area (Å²) in [7, 11) is 4.18. The van der Waals surface area contributed by atoms with Crippen molar-refractivity contribution >= 4 is 45.3 Å². The number of allylic oxidation sites excluding steroid dienone is 11. The zero-order chi connectivity index (χ0) is 42.3. The maximum absolute atomic E-state index is 11.9. The first kappa shape index (κ1) is 38.6. The Hall–Kier alpha value is -6.94. The fourth-order valence-corrected chi connectivity index (χ4v) is 8.75. The molecule has 1 saturated carbocycles. The SMILES string of the molecule is CC1=C(C)N(c2ccc(-c3nc4ccccc4n3/C=C\C(=C3CC3)n3c(-c4ccc(N5C(C)=C(C)N(C)C(C)=C5C)cc4O)nc4ccccc43)c(O)c2)C(C)=C(C)N1C. The molecule has 0 amide bonds. The van der Waals surface area contributed by atoms with Gasteiger partial charge in [0.2, 0.25) is 0 Å². The van der Waals surface area contributed by atoms with E-state index in [0.717, 1.165) is 97.6 Å². The number of phenolic OH excluding ortho intramolecular Hbond substituents is 2. The van der Waals surface area contributed by atoms with Gasteiger partial charge >= 0.3 is 0 Å². The number of hydrogen-bond donors (Lipinski definition) is 2. The van der Waals surface area contributed by atoms with Crippen molar-refractivity contribution in [1.29, 1.82) is 0 Å². The molecule has 4 heterocycles. The highest BCUT2D eigenvalue weighted by Gasteiger charge is 2.28. The molecular weight excluding hydrogens is 745 g/mol. The van der Waals surface area contributed by atoms with Gasteiger partial charge < -0.3 is 29.8 Å². The highest BCUT2D eigenvalue weighted by atomic mass is 16.3. The lowest BCUT2D eigenvalue weighted by molar-refractivity contribution is 0.475. The Morgan fingerprint density at radius 3 is 1.45 bits per heavy atom. The Bertz CT molecular complexity index is 2930. The number of aromatic nitrogens is 4. The van der Waals surface area contributed by atoms with Crippen molar-refractivity contribution in [2.45, 2.75) is 68.2 Å². The van der Waals surface area contributed by atoms with Gasteiger partial charge in [-0.15, -0.1) is 0 Å². The topological polar surface area (TPSA) is 89.1 Å². The molecule has 4 aromatic carbocycles. The summed E-state index contributed by atoms with van der Waals surface area (Å²) in [6.07, 6.45) is 6.10. The van der Waals surface area contributed by atoms with Crippen LogP contribution in [-0.2, 0) is 0 Å². The van der Waals surface area contributed by atoms with Crippen LogP contribution >= 0.6 is 0 Å². The van der Waals surface area contributed by atoms with Gasteiger partial charge in [-0.3, -0.25) is 9.13 Å². The number of rotatable bonds is 7. The van der Waals surface area contributed by atoms with Crippen molar-refractivity contribution in [3.63, 3.8) is 0 Å². The smallest absolute Gasteiger partial charge is 0.149 e. The second-order valence-electron chi connectivity index (χ2n) is 16.2. The second kappa shape index (κ2) is 14.4. The van der Waals surface area contributed by atoms with Crippen LogP contribution < -0.4 is 9.80 Å². The number of hydrogen-bond acceptors (Lipinski definition) is 8. The van der Waals surface area contributed by atoms with Crippen LogP contribution in [0.15, 0.2) is 142 Å². The van der Waals surface area contributed by atoms with Gasteiger partial charge in [-0.1, -0.05) is 24.3 Å². The lowest BCUT2D eigenvalue weighted by atomic mass is 10.1. The third-order valence-electron chi connectivity index (χ3n) is 13.1. The largest absolute Gasteiger partial charge is 0.507 e. The predicted octanol–water partition coefficient (Wildman–Crippen LogP) is 11.8. The van der Waals surface area contributed by atoms with Crippen LogP contribution in [0.1, 0.15) is 68.2 Å². The Labute approximate surface area is 351 Å². The van der Waals surface area contributed by atoms with Crippen molar-refractivity contribution in [2.24, 2.45) is 0 Å². The first-order valence-electron chi connectivity index (χ1n) is 20.6. The molecule has 0 atom stereocenters. The molecule has 304 valence electrons. The highest BCUT2D eigenvalue weighted by molar-refractivity contribution is 5.91. The van der Waals surface area contributed by atoms with Crippen molar-refractivity contribution in [3.8, 4) is 34.3 Å². The van der Waals surface area contributed by atoms with Crippen molar-refractivity contribution in [3.05, 3.63) is 142 Å². The van der Waals surface area contributed by atoms with Crippen molar-refractivity contribution < 1.29 is 10.2 Å². The molecular formula is C50H52N8O2. The van der Waals surface area contributed by atoms with Gasteiger partial charge in [-0.25, -0.2) is 9.97 Å². The number of imidazole rings is 2. The van der Waals surface area contributed by atoms with Crippen LogP contribution in [0.25, 0.3) is 56.7 Å². The molecule has 60 heavy (non-hydrogen) atoms. The number of anilines is 2. The molecule has 1 aliphatic carbocycles. The third-order valence-corrected chi connectivity index (χ3v) is 13.1. The molecule has 0 bridgehead atoms. The summed E-state index contributed by atoms with van der Waals surface area (Å²) in [5, 5.41) is 23.7. The van der Waals surface area contributed by atoms with Crippen LogP contribution in [0.5, 0.6) is 11.5 Å². The monoisotopic (exact) mass is 796 g/mol. The molecule has 10 nitrogen and oxygen atoms in total. The standard InChI is InChI=1S/C50H52N8O2/c1-29-33(5)56(34(6)30(2)53(29)9)38-21-23-40(47(59)27-38)49-51-42-15-11-13-17-45(42)55(49)26-25-44(37-19-20-37)58-46-18-14-12-16-43(46)52-50(58)41-24-22-39(28-48(41)60)57-35(7)31(3)54(10)32(4)36(57)8/h11-18,21-28,59-60H,19-20H2,1-10H3/b26-25-. The molecule has 10 heteroatoms. The van der Waals surface area contributed by atoms with E-state index in [1.54, 1.807) is 0 Å². The molecule has 6 aromatic rings. The number of para-hydroxylation sites is 4. The van der Waals surface area contributed by atoms with Crippen LogP contribution in [-0.4, -0.2) is 53.2 Å². The molecule has 0 unspecified atom stereocenters. The number of fused-ring (bicyclic) bond motifs is 2. The third kappa shape index (κ3) is 6.08. The molecule has 2 aliphatic heterocycles. The first-order chi connectivity index (χ1) is 28.8. The van der Waals surface area contributed by atoms with Gasteiger partial charge in [0.25, 0.3) is 0 Å². The summed E-state index contributed by atoms with van der Waals surface area (Å²) in [5.41, 5.74) is 18.0. The van der Waals surface area contributed by atoms with Gasteiger partial charge in [0.05, 0.1) is 33.2 Å². The van der Waals surface area contributed by atoms with E-state index < -0.39 is 0 Å². The predicted molar refractivity (Wildman–Crippen MR) is 245 cm³/mol. The minimum atomic E-state index is 0.146. The minimum absolute atomic E-state index is 0.146. The van der Waals surface area contributed by atoms with E-state index in [1.165, 1.54) is 5.57 Å². The van der Waals surface area contributed by atoms with E-state index in [9.17, 15) is 10.2 Å². The number of nitrogens with zero attached hydrogens (tertiary/aromatic N) is 8. The van der Waals surface area contributed by atoms with Gasteiger partial charge in [-0.2, -0.15) is 0 Å². The molecule has 9 rings (SSSR count). The average molecular weight is 797 g/mol. The summed E-state index contributed by atoms with van der Waals surface area (Å²) in [6, 6.07) is 27.9. The number of benzene rings is 4. The zero-order valence-corrected chi connectivity index (χ0v) is 36.1. The van der Waals surface area contributed by atoms with E-state index in [2.05, 4.69) is 135 Å². The molecule has 3 aliphatic rings. The molecule has 2 aromatic heterocycles. The quantitative estimate of drug-likeness (QED) is 0.165. The Kier molecular flexibility index (Phi) is 9.26. The van der Waals surface area contributed by atoms with E-state index >= 15 is 0 Å². The van der Waals surface area contributed by atoms with Crippen LogP contribution in [0.2, 0.25) is 0 Å². The van der Waals surface area contributed by atoms with Crippen LogP contribution in [0.3, 0.4) is 0 Å². The number of aromatic hydroxyl groups is 2. The van der Waals surface area contributed by atoms with Crippen molar-refractivity contribution in [1.82, 2.24) is 28.9 Å². The summed E-state index contributed by atoms with van der Waals surface area (Å²) >= 11 is 0. The lowest BCUT2D eigenvalue weighted by Gasteiger charge is -2.38. The van der Waals surface area contributed by atoms with Gasteiger partial charge in [0, 0.05) is 95.1 Å². The van der Waals surface area contributed by atoms with E-state index in [-0.39, 0.29) is 11.5 Å². The molecule has 0 saturated heterocycles. The maximum atomic E-state index is 11.9. The van der Waals surface area contributed by atoms with Crippen LogP contribution in [0, 0.1) is 0 Å². The van der Waals surface area contributed by atoms with Gasteiger partial charge in [-0.05, 0) is 128 Å². The summed E-state index contributed by atoms with van der Waals surface area (Å²) in [6.45, 7) is 16.9. The van der Waals surface area contributed by atoms with Crippen molar-refractivity contribution in [2.75, 3.05) is 23.9 Å². The van der Waals surface area contributed by atoms with Gasteiger partial charge in [0.1, 0.15) is 23.1 Å². The fourth-order valence-electron chi connectivity index (χ4n) is 8.75. The normalized spacial score (nSPS) is 16.3. The van der Waals surface area contributed by atoms with Crippen LogP contribution in [0.4, 0.5) is 11.4 Å². The lowest BCUT2D eigenvalue weighted by Crippen LogP contribution is -2.32. The molecule has 2 N–H and O–H groups in total. The summed E-state index contributed by atoms with van der Waals surface area (Å²) in [4.78, 5) is 19.1. The van der Waals surface area contributed by atoms with E-state index in [4.69, 9.17) is 9.97 Å². The minimum Gasteiger partial charge on any atom is -0.507 e. The second-order valence-corrected chi connectivity index (χ2v) is 16.2. The molecule has 0 radical (unpaired) electrons. The highest BCUT2D eigenvalue weighted by Crippen LogP contribution is 2.44. The Balaban J connectivity index is 1.14. The fraction of sp³-hybridized carbons (Fsp3) is 0.240. The Morgan fingerprint density at radius 1 is 0.533 bits per heavy atom. The maximum Gasteiger partial charge on any atom is 0.149 e. The summed E-state index contributed by atoms with van der Waals surface area (Å²) < 4.78 is 4.24. The molecule has 1 fully saturated rings. The van der Waals surface area contributed by atoms with Gasteiger partial charge in [0.15, 0.2) is 0 Å². The summed E-state index contributed by atoms with van der Waals surface area (Å²) in [5.74, 6) is 1.60. The van der Waals surface area contributed by atoms with E-state index in [1.807, 2.05) is 60.7 Å². The Morgan fingerprint density at radius 2 is 0.967 bits per heavy atom. The number of phenols is 2. The first-order valence-corrected chi connectivity index (χ1v) is 20.6.